The molecular weight excluding hydrogens is 368 g/mol. The molecule has 0 saturated carbocycles. The molecule has 0 aromatic heterocycles. The smallest absolute Gasteiger partial charge is 0.241 e. The van der Waals surface area contributed by atoms with E-state index < -0.39 is 25.9 Å². The predicted molar refractivity (Wildman–Crippen MR) is 80.3 cm³/mol. The van der Waals surface area contributed by atoms with E-state index in [1.54, 1.807) is 13.0 Å². The van der Waals surface area contributed by atoms with E-state index in [1.165, 1.54) is 12.1 Å². The van der Waals surface area contributed by atoms with Crippen LogP contribution in [-0.2, 0) is 19.9 Å². The van der Waals surface area contributed by atoms with E-state index in [0.717, 1.165) is 5.41 Å². The molecule has 3 N–H and O–H groups in total. The van der Waals surface area contributed by atoms with Gasteiger partial charge in [0.25, 0.3) is 0 Å². The van der Waals surface area contributed by atoms with Gasteiger partial charge in [-0.15, -0.1) is 0 Å². The lowest BCUT2D eigenvalue weighted by Crippen LogP contribution is -2.35. The largest absolute Gasteiger partial charge is 0.398 e. The summed E-state index contributed by atoms with van der Waals surface area (Å²) >= 11 is 3.19. The van der Waals surface area contributed by atoms with Crippen molar-refractivity contribution in [2.45, 2.75) is 17.9 Å². The highest BCUT2D eigenvalue weighted by atomic mass is 79.9. The molecule has 20 heavy (non-hydrogen) atoms. The predicted octanol–water partition coefficient (Wildman–Crippen LogP) is 0.929. The minimum absolute atomic E-state index is 0.0297. The zero-order valence-corrected chi connectivity index (χ0v) is 13.7. The van der Waals surface area contributed by atoms with Crippen LogP contribution in [0.1, 0.15) is 5.56 Å². The minimum Gasteiger partial charge on any atom is -0.398 e. The summed E-state index contributed by atoms with van der Waals surface area (Å²) in [4.78, 5) is 0.0297. The number of sulfonamides is 1. The normalized spacial score (nSPS) is 21.2. The Morgan fingerprint density at radius 3 is 2.60 bits per heavy atom. The molecule has 0 bridgehead atoms. The monoisotopic (exact) mass is 380 g/mol. The van der Waals surface area contributed by atoms with Crippen LogP contribution in [0.15, 0.2) is 33.0 Å². The molecule has 1 unspecified atom stereocenters. The molecule has 0 fully saturated rings. The molecule has 0 aliphatic carbocycles. The summed E-state index contributed by atoms with van der Waals surface area (Å²) in [6.45, 7) is 1.59. The molecule has 0 saturated heterocycles. The third-order valence-corrected chi connectivity index (χ3v) is 6.36. The molecule has 0 amide bonds. The third kappa shape index (κ3) is 3.22. The summed E-state index contributed by atoms with van der Waals surface area (Å²) in [5, 5.41) is 1.02. The average molecular weight is 381 g/mol. The topological polar surface area (TPSA) is 106 Å². The number of sulfone groups is 1. The van der Waals surface area contributed by atoms with Crippen molar-refractivity contribution < 1.29 is 16.8 Å². The maximum absolute atomic E-state index is 12.3. The number of nitrogens with two attached hydrogens (primary N) is 1. The van der Waals surface area contributed by atoms with Crippen LogP contribution in [0, 0.1) is 6.92 Å². The fourth-order valence-corrected chi connectivity index (χ4v) is 5.32. The molecule has 1 atom stereocenters. The van der Waals surface area contributed by atoms with E-state index in [-0.39, 0.29) is 10.6 Å². The standard InChI is InChI=1S/C11H13BrN2O4S2/c1-7-10(13)4-8(12)5-11(7)20(17,18)14-9-2-3-19(15,16)6-9/h2-5,9,14H,6,13H2,1H3. The number of benzene rings is 1. The summed E-state index contributed by atoms with van der Waals surface area (Å²) in [5.74, 6) is -0.269. The zero-order chi connectivity index (χ0) is 15.1. The molecular formula is C11H13BrN2O4S2. The van der Waals surface area contributed by atoms with E-state index >= 15 is 0 Å². The first kappa shape index (κ1) is 15.5. The van der Waals surface area contributed by atoms with Gasteiger partial charge in [-0.05, 0) is 24.6 Å². The van der Waals surface area contributed by atoms with Gasteiger partial charge in [-0.1, -0.05) is 22.0 Å². The van der Waals surface area contributed by atoms with Gasteiger partial charge in [0, 0.05) is 15.6 Å². The maximum atomic E-state index is 12.3. The van der Waals surface area contributed by atoms with Crippen molar-refractivity contribution in [3.05, 3.63) is 33.7 Å². The number of hydrogen-bond donors (Lipinski definition) is 2. The van der Waals surface area contributed by atoms with Crippen molar-refractivity contribution in [2.24, 2.45) is 0 Å². The second-order valence-electron chi connectivity index (χ2n) is 4.50. The fraction of sp³-hybridized carbons (Fsp3) is 0.273. The Balaban J connectivity index is 2.35. The summed E-state index contributed by atoms with van der Waals surface area (Å²) < 4.78 is 50.1. The molecule has 0 radical (unpaired) electrons. The number of nitrogen functional groups attached to an aromatic ring is 1. The number of halogens is 1. The highest BCUT2D eigenvalue weighted by Gasteiger charge is 2.28. The summed E-state index contributed by atoms with van der Waals surface area (Å²) in [5.41, 5.74) is 6.50. The van der Waals surface area contributed by atoms with Gasteiger partial charge >= 0.3 is 0 Å². The number of rotatable bonds is 3. The van der Waals surface area contributed by atoms with Gasteiger partial charge in [0.15, 0.2) is 9.84 Å². The van der Waals surface area contributed by atoms with Crippen molar-refractivity contribution >= 4 is 41.5 Å². The fourth-order valence-electron chi connectivity index (χ4n) is 1.87. The van der Waals surface area contributed by atoms with Gasteiger partial charge in [0.2, 0.25) is 10.0 Å². The lowest BCUT2D eigenvalue weighted by Gasteiger charge is -2.14. The quantitative estimate of drug-likeness (QED) is 0.758. The van der Waals surface area contributed by atoms with Crippen LogP contribution in [0.5, 0.6) is 0 Å². The van der Waals surface area contributed by atoms with Gasteiger partial charge in [0.1, 0.15) is 0 Å². The van der Waals surface area contributed by atoms with E-state index in [9.17, 15) is 16.8 Å². The van der Waals surface area contributed by atoms with E-state index in [0.29, 0.717) is 15.7 Å². The Labute approximate surface area is 126 Å². The Bertz CT molecular complexity index is 785. The number of anilines is 1. The van der Waals surface area contributed by atoms with Crippen LogP contribution < -0.4 is 10.5 Å². The van der Waals surface area contributed by atoms with Crippen LogP contribution >= 0.6 is 15.9 Å². The molecule has 1 aliphatic heterocycles. The van der Waals surface area contributed by atoms with Gasteiger partial charge in [-0.25, -0.2) is 21.6 Å². The molecule has 1 aliphatic rings. The van der Waals surface area contributed by atoms with Crippen LogP contribution in [0.4, 0.5) is 5.69 Å². The van der Waals surface area contributed by atoms with Gasteiger partial charge in [-0.2, -0.15) is 0 Å². The number of nitrogens with one attached hydrogen (secondary N) is 1. The first-order chi connectivity index (χ1) is 9.11. The van der Waals surface area contributed by atoms with Crippen LogP contribution in [0.3, 0.4) is 0 Å². The van der Waals surface area contributed by atoms with Crippen LogP contribution in [0.25, 0.3) is 0 Å². The average Bonchev–Trinajstić information content (AvgIpc) is 2.62. The Morgan fingerprint density at radius 2 is 2.05 bits per heavy atom. The second-order valence-corrected chi connectivity index (χ2v) is 9.03. The minimum atomic E-state index is -3.85. The summed E-state index contributed by atoms with van der Waals surface area (Å²) in [6.07, 6.45) is 1.32. The summed E-state index contributed by atoms with van der Waals surface area (Å²) in [6, 6.07) is 2.28. The Morgan fingerprint density at radius 1 is 1.40 bits per heavy atom. The Hall–Kier alpha value is -0.900. The third-order valence-electron chi connectivity index (χ3n) is 2.89. The maximum Gasteiger partial charge on any atom is 0.241 e. The van der Waals surface area contributed by atoms with Crippen molar-refractivity contribution in [3.63, 3.8) is 0 Å². The highest BCUT2D eigenvalue weighted by Crippen LogP contribution is 2.26. The van der Waals surface area contributed by atoms with E-state index in [2.05, 4.69) is 20.7 Å². The van der Waals surface area contributed by atoms with Crippen molar-refractivity contribution in [1.29, 1.82) is 0 Å². The van der Waals surface area contributed by atoms with Crippen LogP contribution in [-0.4, -0.2) is 28.6 Å². The molecule has 6 nitrogen and oxygen atoms in total. The number of hydrogen-bond acceptors (Lipinski definition) is 5. The molecule has 0 spiro atoms. The molecule has 1 heterocycles. The molecule has 2 rings (SSSR count). The van der Waals surface area contributed by atoms with Crippen molar-refractivity contribution in [2.75, 3.05) is 11.5 Å². The van der Waals surface area contributed by atoms with Crippen molar-refractivity contribution in [3.8, 4) is 0 Å². The van der Waals surface area contributed by atoms with E-state index in [1.807, 2.05) is 0 Å². The summed E-state index contributed by atoms with van der Waals surface area (Å²) in [7, 11) is -7.16. The first-order valence-electron chi connectivity index (χ1n) is 5.60. The van der Waals surface area contributed by atoms with Crippen molar-refractivity contribution in [1.82, 2.24) is 4.72 Å². The second kappa shape index (κ2) is 5.14. The Kier molecular flexibility index (Phi) is 3.98. The molecule has 110 valence electrons. The van der Waals surface area contributed by atoms with E-state index in [4.69, 9.17) is 5.73 Å². The molecule has 1 aromatic carbocycles. The first-order valence-corrected chi connectivity index (χ1v) is 9.59. The lowest BCUT2D eigenvalue weighted by molar-refractivity contribution is 0.574. The molecule has 1 aromatic rings. The van der Waals surface area contributed by atoms with Crippen LogP contribution in [0.2, 0.25) is 0 Å². The zero-order valence-electron chi connectivity index (χ0n) is 10.5. The van der Waals surface area contributed by atoms with Gasteiger partial charge < -0.3 is 5.73 Å². The van der Waals surface area contributed by atoms with Gasteiger partial charge in [0.05, 0.1) is 16.7 Å². The van der Waals surface area contributed by atoms with Gasteiger partial charge in [-0.3, -0.25) is 0 Å². The lowest BCUT2D eigenvalue weighted by atomic mass is 10.2. The SMILES string of the molecule is Cc1c(N)cc(Br)cc1S(=O)(=O)NC1C=CS(=O)(=O)C1. The highest BCUT2D eigenvalue weighted by molar-refractivity contribution is 9.10. The molecule has 9 heteroatoms.